The lowest BCUT2D eigenvalue weighted by Crippen LogP contribution is -1.98. The molecule has 0 unspecified atom stereocenters. The smallest absolute Gasteiger partial charge is 0.200 e. The summed E-state index contributed by atoms with van der Waals surface area (Å²) in [6, 6.07) is 5.77. The average Bonchev–Trinajstić information content (AvgIpc) is 2.17. The SMILES string of the molecule is C=CS(=O)(=O)c1ccc(Cl)cc1C#N. The molecule has 5 heteroatoms. The molecule has 1 aromatic carbocycles. The number of hydrogen-bond donors (Lipinski definition) is 0. The van der Waals surface area contributed by atoms with Crippen LogP contribution in [0.15, 0.2) is 35.1 Å². The molecule has 0 saturated heterocycles. The molecule has 0 atom stereocenters. The first-order valence-corrected chi connectivity index (χ1v) is 5.51. The van der Waals surface area contributed by atoms with Crippen molar-refractivity contribution in [2.45, 2.75) is 4.90 Å². The van der Waals surface area contributed by atoms with E-state index in [0.717, 1.165) is 5.41 Å². The molecule has 0 aromatic heterocycles. The molecule has 0 bridgehead atoms. The van der Waals surface area contributed by atoms with Crippen molar-refractivity contribution in [2.75, 3.05) is 0 Å². The molecule has 0 heterocycles. The molecular formula is C9H6ClNO2S. The zero-order chi connectivity index (χ0) is 10.8. The number of benzene rings is 1. The van der Waals surface area contributed by atoms with Gasteiger partial charge in [0.1, 0.15) is 6.07 Å². The molecule has 0 N–H and O–H groups in total. The molecule has 0 spiro atoms. The molecule has 14 heavy (non-hydrogen) atoms. The largest absolute Gasteiger partial charge is 0.219 e. The van der Waals surface area contributed by atoms with Crippen molar-refractivity contribution >= 4 is 21.4 Å². The summed E-state index contributed by atoms with van der Waals surface area (Å²) in [6.07, 6.45) is 0. The Morgan fingerprint density at radius 2 is 2.14 bits per heavy atom. The van der Waals surface area contributed by atoms with Crippen LogP contribution in [-0.2, 0) is 9.84 Å². The Hall–Kier alpha value is -1.31. The monoisotopic (exact) mass is 227 g/mol. The summed E-state index contributed by atoms with van der Waals surface area (Å²) in [5.74, 6) is 0. The zero-order valence-corrected chi connectivity index (χ0v) is 8.64. The molecule has 3 nitrogen and oxygen atoms in total. The van der Waals surface area contributed by atoms with Crippen LogP contribution in [0.4, 0.5) is 0 Å². The Balaban J connectivity index is 3.53. The lowest BCUT2D eigenvalue weighted by molar-refractivity contribution is 0.604. The molecule has 1 aromatic rings. The van der Waals surface area contributed by atoms with E-state index in [2.05, 4.69) is 6.58 Å². The van der Waals surface area contributed by atoms with Gasteiger partial charge in [0.2, 0.25) is 9.84 Å². The molecule has 0 saturated carbocycles. The third-order valence-electron chi connectivity index (χ3n) is 1.59. The van der Waals surface area contributed by atoms with E-state index in [9.17, 15) is 8.42 Å². The number of halogens is 1. The molecule has 0 aliphatic rings. The molecule has 0 radical (unpaired) electrons. The fraction of sp³-hybridized carbons (Fsp3) is 0. The Morgan fingerprint density at radius 3 is 2.64 bits per heavy atom. The normalized spacial score (nSPS) is 10.6. The van der Waals surface area contributed by atoms with Gasteiger partial charge in [0, 0.05) is 10.4 Å². The third-order valence-corrected chi connectivity index (χ3v) is 3.23. The van der Waals surface area contributed by atoms with Crippen molar-refractivity contribution in [3.8, 4) is 6.07 Å². The highest BCUT2D eigenvalue weighted by Crippen LogP contribution is 2.20. The van der Waals surface area contributed by atoms with Gasteiger partial charge in [-0.3, -0.25) is 0 Å². The highest BCUT2D eigenvalue weighted by molar-refractivity contribution is 7.94. The van der Waals surface area contributed by atoms with Crippen LogP contribution in [0.5, 0.6) is 0 Å². The Kier molecular flexibility index (Phi) is 2.94. The van der Waals surface area contributed by atoms with Crippen molar-refractivity contribution in [3.05, 3.63) is 40.8 Å². The van der Waals surface area contributed by atoms with Gasteiger partial charge in [0.25, 0.3) is 0 Å². The van der Waals surface area contributed by atoms with E-state index in [1.807, 2.05) is 0 Å². The number of hydrogen-bond acceptors (Lipinski definition) is 3. The summed E-state index contributed by atoms with van der Waals surface area (Å²) in [5, 5.41) is 9.82. The second kappa shape index (κ2) is 3.82. The van der Waals surface area contributed by atoms with Gasteiger partial charge in [-0.2, -0.15) is 5.26 Å². The molecular weight excluding hydrogens is 222 g/mol. The van der Waals surface area contributed by atoms with E-state index < -0.39 is 9.84 Å². The predicted octanol–water partition coefficient (Wildman–Crippen LogP) is 2.13. The van der Waals surface area contributed by atoms with Gasteiger partial charge in [-0.1, -0.05) is 18.2 Å². The second-order valence-electron chi connectivity index (χ2n) is 2.46. The summed E-state index contributed by atoms with van der Waals surface area (Å²) in [7, 11) is -3.57. The number of nitriles is 1. The van der Waals surface area contributed by atoms with Gasteiger partial charge in [0.15, 0.2) is 0 Å². The molecule has 0 fully saturated rings. The van der Waals surface area contributed by atoms with E-state index >= 15 is 0 Å². The fourth-order valence-corrected chi connectivity index (χ4v) is 1.95. The minimum Gasteiger partial charge on any atom is -0.219 e. The van der Waals surface area contributed by atoms with Crippen LogP contribution in [0.2, 0.25) is 5.02 Å². The van der Waals surface area contributed by atoms with E-state index in [0.29, 0.717) is 5.02 Å². The summed E-state index contributed by atoms with van der Waals surface area (Å²) >= 11 is 5.62. The van der Waals surface area contributed by atoms with E-state index in [1.165, 1.54) is 18.2 Å². The topological polar surface area (TPSA) is 57.9 Å². The van der Waals surface area contributed by atoms with Crippen molar-refractivity contribution in [2.24, 2.45) is 0 Å². The van der Waals surface area contributed by atoms with Crippen LogP contribution in [0, 0.1) is 11.3 Å². The van der Waals surface area contributed by atoms with Crippen LogP contribution in [-0.4, -0.2) is 8.42 Å². The van der Waals surface area contributed by atoms with Gasteiger partial charge in [-0.25, -0.2) is 8.42 Å². The van der Waals surface area contributed by atoms with Crippen LogP contribution in [0.3, 0.4) is 0 Å². The van der Waals surface area contributed by atoms with E-state index in [1.54, 1.807) is 6.07 Å². The number of nitrogens with zero attached hydrogens (tertiary/aromatic N) is 1. The highest BCUT2D eigenvalue weighted by Gasteiger charge is 2.14. The van der Waals surface area contributed by atoms with Crippen molar-refractivity contribution in [1.29, 1.82) is 5.26 Å². The lowest BCUT2D eigenvalue weighted by atomic mass is 10.2. The Labute approximate surface area is 87.2 Å². The maximum absolute atomic E-state index is 11.4. The molecule has 0 aliphatic heterocycles. The van der Waals surface area contributed by atoms with Crippen molar-refractivity contribution in [3.63, 3.8) is 0 Å². The van der Waals surface area contributed by atoms with Crippen LogP contribution in [0.25, 0.3) is 0 Å². The van der Waals surface area contributed by atoms with E-state index in [4.69, 9.17) is 16.9 Å². The summed E-state index contributed by atoms with van der Waals surface area (Å²) in [5.41, 5.74) is 0.0254. The summed E-state index contributed by atoms with van der Waals surface area (Å²) < 4.78 is 22.8. The second-order valence-corrected chi connectivity index (χ2v) is 4.76. The first kappa shape index (κ1) is 10.8. The van der Waals surface area contributed by atoms with Crippen LogP contribution >= 0.6 is 11.6 Å². The zero-order valence-electron chi connectivity index (χ0n) is 7.07. The van der Waals surface area contributed by atoms with Crippen LogP contribution in [0.1, 0.15) is 5.56 Å². The standard InChI is InChI=1S/C9H6ClNO2S/c1-2-14(12,13)9-4-3-8(10)5-7(9)6-11/h2-5H,1H2. The minimum atomic E-state index is -3.57. The Morgan fingerprint density at radius 1 is 1.50 bits per heavy atom. The number of sulfone groups is 1. The molecule has 0 aliphatic carbocycles. The van der Waals surface area contributed by atoms with E-state index in [-0.39, 0.29) is 10.5 Å². The lowest BCUT2D eigenvalue weighted by Gasteiger charge is -2.01. The summed E-state index contributed by atoms with van der Waals surface area (Å²) in [6.45, 7) is 3.18. The minimum absolute atomic E-state index is 0.0254. The first-order valence-electron chi connectivity index (χ1n) is 3.58. The maximum atomic E-state index is 11.4. The molecule has 0 amide bonds. The van der Waals surface area contributed by atoms with Gasteiger partial charge in [0.05, 0.1) is 10.5 Å². The summed E-state index contributed by atoms with van der Waals surface area (Å²) in [4.78, 5) is -0.0700. The Bertz CT molecular complexity index is 514. The predicted molar refractivity (Wildman–Crippen MR) is 53.5 cm³/mol. The van der Waals surface area contributed by atoms with Crippen molar-refractivity contribution in [1.82, 2.24) is 0 Å². The van der Waals surface area contributed by atoms with Gasteiger partial charge < -0.3 is 0 Å². The van der Waals surface area contributed by atoms with Crippen molar-refractivity contribution < 1.29 is 8.42 Å². The first-order chi connectivity index (χ1) is 6.51. The average molecular weight is 228 g/mol. The van der Waals surface area contributed by atoms with Gasteiger partial charge in [-0.05, 0) is 18.2 Å². The quantitative estimate of drug-likeness (QED) is 0.778. The van der Waals surface area contributed by atoms with Gasteiger partial charge in [-0.15, -0.1) is 0 Å². The maximum Gasteiger partial charge on any atom is 0.200 e. The van der Waals surface area contributed by atoms with Crippen LogP contribution < -0.4 is 0 Å². The third kappa shape index (κ3) is 1.95. The van der Waals surface area contributed by atoms with Gasteiger partial charge >= 0.3 is 0 Å². The number of rotatable bonds is 2. The molecule has 1 rings (SSSR count). The highest BCUT2D eigenvalue weighted by atomic mass is 35.5. The fourth-order valence-electron chi connectivity index (χ4n) is 0.927. The molecule has 72 valence electrons.